The number of anilines is 2. The van der Waals surface area contributed by atoms with Gasteiger partial charge in [-0.15, -0.1) is 23.5 Å². The van der Waals surface area contributed by atoms with E-state index in [2.05, 4.69) is 10.6 Å². The third-order valence-corrected chi connectivity index (χ3v) is 8.43. The molecule has 0 spiro atoms. The molecule has 154 valence electrons. The first kappa shape index (κ1) is 21.7. The standard InChI is InChI=1S/C20H22N2O4S3/c1-13(10-20(24)21-14-4-3-5-15(11-14)27-2)29(25,26)16-6-7-18-17(12-16)22-19(23)8-9-28-18/h3-7,11-13H,8-10H2,1-2H3,(H,21,24)(H,22,23)/t13-/m1/s1. The zero-order valence-corrected chi connectivity index (χ0v) is 18.5. The number of amides is 2. The first-order valence-electron chi connectivity index (χ1n) is 9.04. The first-order chi connectivity index (χ1) is 13.8. The van der Waals surface area contributed by atoms with Gasteiger partial charge in [0.15, 0.2) is 9.84 Å². The highest BCUT2D eigenvalue weighted by molar-refractivity contribution is 7.99. The molecule has 0 saturated heterocycles. The van der Waals surface area contributed by atoms with Gasteiger partial charge in [0.05, 0.1) is 15.8 Å². The van der Waals surface area contributed by atoms with Gasteiger partial charge in [0.1, 0.15) is 0 Å². The minimum Gasteiger partial charge on any atom is -0.326 e. The second kappa shape index (κ2) is 9.23. The summed E-state index contributed by atoms with van der Waals surface area (Å²) in [6.07, 6.45) is 2.16. The summed E-state index contributed by atoms with van der Waals surface area (Å²) in [4.78, 5) is 26.1. The third kappa shape index (κ3) is 5.34. The summed E-state index contributed by atoms with van der Waals surface area (Å²) in [5.41, 5.74) is 1.14. The Balaban J connectivity index is 1.73. The Morgan fingerprint density at radius 1 is 1.28 bits per heavy atom. The summed E-state index contributed by atoms with van der Waals surface area (Å²) >= 11 is 3.07. The Hall–Kier alpha value is -1.97. The van der Waals surface area contributed by atoms with Crippen LogP contribution in [0.15, 0.2) is 57.2 Å². The van der Waals surface area contributed by atoms with Crippen molar-refractivity contribution in [1.29, 1.82) is 0 Å². The molecular weight excluding hydrogens is 428 g/mol. The van der Waals surface area contributed by atoms with E-state index in [9.17, 15) is 18.0 Å². The maximum Gasteiger partial charge on any atom is 0.225 e. The number of rotatable bonds is 6. The lowest BCUT2D eigenvalue weighted by Crippen LogP contribution is -2.25. The van der Waals surface area contributed by atoms with Crippen LogP contribution in [0.25, 0.3) is 0 Å². The van der Waals surface area contributed by atoms with E-state index in [1.54, 1.807) is 23.9 Å². The minimum absolute atomic E-state index is 0.101. The number of carbonyl (C=O) groups is 2. The number of hydrogen-bond donors (Lipinski definition) is 2. The van der Waals surface area contributed by atoms with E-state index in [-0.39, 0.29) is 23.1 Å². The van der Waals surface area contributed by atoms with Crippen LogP contribution in [0.1, 0.15) is 19.8 Å². The molecule has 0 aliphatic carbocycles. The zero-order valence-electron chi connectivity index (χ0n) is 16.1. The molecule has 1 aliphatic heterocycles. The van der Waals surface area contributed by atoms with E-state index in [0.717, 1.165) is 9.79 Å². The molecule has 2 N–H and O–H groups in total. The van der Waals surface area contributed by atoms with Crippen LogP contribution in [-0.4, -0.2) is 37.5 Å². The predicted octanol–water partition coefficient (Wildman–Crippen LogP) is 4.03. The molecule has 2 aromatic carbocycles. The summed E-state index contributed by atoms with van der Waals surface area (Å²) < 4.78 is 25.9. The zero-order chi connectivity index (χ0) is 21.0. The van der Waals surface area contributed by atoms with Crippen LogP contribution in [0, 0.1) is 0 Å². The van der Waals surface area contributed by atoms with Crippen LogP contribution >= 0.6 is 23.5 Å². The van der Waals surface area contributed by atoms with Gasteiger partial charge in [-0.1, -0.05) is 6.07 Å². The van der Waals surface area contributed by atoms with Crippen LogP contribution in [-0.2, 0) is 19.4 Å². The summed E-state index contributed by atoms with van der Waals surface area (Å²) in [5, 5.41) is 4.61. The molecule has 9 heteroatoms. The molecule has 0 fully saturated rings. The number of thioether (sulfide) groups is 2. The van der Waals surface area contributed by atoms with E-state index in [4.69, 9.17) is 0 Å². The molecule has 2 amide bonds. The van der Waals surface area contributed by atoms with Gasteiger partial charge in [-0.2, -0.15) is 0 Å². The second-order valence-electron chi connectivity index (χ2n) is 6.64. The molecule has 0 unspecified atom stereocenters. The maximum atomic E-state index is 13.0. The van der Waals surface area contributed by atoms with E-state index in [1.807, 2.05) is 24.5 Å². The number of fused-ring (bicyclic) bond motifs is 1. The monoisotopic (exact) mass is 450 g/mol. The molecule has 1 heterocycles. The Morgan fingerprint density at radius 2 is 2.07 bits per heavy atom. The lowest BCUT2D eigenvalue weighted by molar-refractivity contribution is -0.116. The molecule has 2 aromatic rings. The SMILES string of the molecule is CSc1cccc(NC(=O)C[C@@H](C)S(=O)(=O)c2ccc3c(c2)NC(=O)CCS3)c1. The second-order valence-corrected chi connectivity index (χ2v) is 11.0. The molecule has 0 saturated carbocycles. The van der Waals surface area contributed by atoms with Gasteiger partial charge in [0.25, 0.3) is 0 Å². The minimum atomic E-state index is -3.73. The van der Waals surface area contributed by atoms with Crippen molar-refractivity contribution < 1.29 is 18.0 Å². The van der Waals surface area contributed by atoms with E-state index in [0.29, 0.717) is 23.5 Å². The Kier molecular flexibility index (Phi) is 6.92. The van der Waals surface area contributed by atoms with Crippen molar-refractivity contribution in [2.24, 2.45) is 0 Å². The van der Waals surface area contributed by atoms with Crippen LogP contribution in [0.4, 0.5) is 11.4 Å². The Morgan fingerprint density at radius 3 is 2.83 bits per heavy atom. The molecule has 0 radical (unpaired) electrons. The molecule has 1 aliphatic rings. The molecule has 29 heavy (non-hydrogen) atoms. The van der Waals surface area contributed by atoms with Crippen molar-refractivity contribution in [2.45, 2.75) is 39.7 Å². The topological polar surface area (TPSA) is 92.3 Å². The predicted molar refractivity (Wildman–Crippen MR) is 119 cm³/mol. The molecule has 1 atom stereocenters. The third-order valence-electron chi connectivity index (χ3n) is 4.50. The first-order valence-corrected chi connectivity index (χ1v) is 12.8. The Labute approximate surface area is 179 Å². The fourth-order valence-electron chi connectivity index (χ4n) is 2.89. The van der Waals surface area contributed by atoms with Crippen LogP contribution in [0.2, 0.25) is 0 Å². The highest BCUT2D eigenvalue weighted by Gasteiger charge is 2.27. The number of carbonyl (C=O) groups excluding carboxylic acids is 2. The summed E-state index contributed by atoms with van der Waals surface area (Å²) in [6, 6.07) is 12.1. The summed E-state index contributed by atoms with van der Waals surface area (Å²) in [6.45, 7) is 1.52. The van der Waals surface area contributed by atoms with Gasteiger partial charge in [-0.3, -0.25) is 9.59 Å². The molecule has 0 aromatic heterocycles. The van der Waals surface area contributed by atoms with E-state index >= 15 is 0 Å². The van der Waals surface area contributed by atoms with Gasteiger partial charge in [0, 0.05) is 34.1 Å². The number of hydrogen-bond acceptors (Lipinski definition) is 6. The van der Waals surface area contributed by atoms with E-state index < -0.39 is 15.1 Å². The average molecular weight is 451 g/mol. The molecule has 6 nitrogen and oxygen atoms in total. The van der Waals surface area contributed by atoms with Gasteiger partial charge < -0.3 is 10.6 Å². The number of nitrogens with one attached hydrogen (secondary N) is 2. The van der Waals surface area contributed by atoms with Crippen LogP contribution < -0.4 is 10.6 Å². The fraction of sp³-hybridized carbons (Fsp3) is 0.300. The number of benzene rings is 2. The smallest absolute Gasteiger partial charge is 0.225 e. The van der Waals surface area contributed by atoms with Crippen LogP contribution in [0.5, 0.6) is 0 Å². The summed E-state index contributed by atoms with van der Waals surface area (Å²) in [7, 11) is -3.73. The lowest BCUT2D eigenvalue weighted by atomic mass is 10.3. The average Bonchev–Trinajstić information content (AvgIpc) is 2.87. The Bertz CT molecular complexity index is 1040. The van der Waals surface area contributed by atoms with Gasteiger partial charge in [0.2, 0.25) is 11.8 Å². The maximum absolute atomic E-state index is 13.0. The van der Waals surface area contributed by atoms with E-state index in [1.165, 1.54) is 30.8 Å². The molecular formula is C20H22N2O4S3. The van der Waals surface area contributed by atoms with Crippen molar-refractivity contribution in [1.82, 2.24) is 0 Å². The fourth-order valence-corrected chi connectivity index (χ4v) is 5.66. The largest absolute Gasteiger partial charge is 0.326 e. The number of sulfone groups is 1. The quantitative estimate of drug-likeness (QED) is 0.646. The van der Waals surface area contributed by atoms with Crippen LogP contribution in [0.3, 0.4) is 0 Å². The van der Waals surface area contributed by atoms with Gasteiger partial charge >= 0.3 is 0 Å². The van der Waals surface area contributed by atoms with Crippen molar-refractivity contribution >= 4 is 56.6 Å². The highest BCUT2D eigenvalue weighted by atomic mass is 32.2. The van der Waals surface area contributed by atoms with Crippen molar-refractivity contribution in [3.8, 4) is 0 Å². The molecule has 0 bridgehead atoms. The van der Waals surface area contributed by atoms with Crippen molar-refractivity contribution in [2.75, 3.05) is 22.6 Å². The normalized spacial score (nSPS) is 15.0. The van der Waals surface area contributed by atoms with Gasteiger partial charge in [-0.25, -0.2) is 8.42 Å². The summed E-state index contributed by atoms with van der Waals surface area (Å²) in [5.74, 6) is 0.155. The van der Waals surface area contributed by atoms with Crippen molar-refractivity contribution in [3.05, 3.63) is 42.5 Å². The lowest BCUT2D eigenvalue weighted by Gasteiger charge is -2.15. The highest BCUT2D eigenvalue weighted by Crippen LogP contribution is 2.33. The molecule has 3 rings (SSSR count). The van der Waals surface area contributed by atoms with Gasteiger partial charge in [-0.05, 0) is 49.6 Å². The van der Waals surface area contributed by atoms with Crippen molar-refractivity contribution in [3.63, 3.8) is 0 Å².